The Kier molecular flexibility index (Phi) is 7.35. The first-order valence-corrected chi connectivity index (χ1v) is 9.60. The van der Waals surface area contributed by atoms with Crippen molar-refractivity contribution in [3.8, 4) is 0 Å². The summed E-state index contributed by atoms with van der Waals surface area (Å²) in [6, 6.07) is 4.49. The van der Waals surface area contributed by atoms with Crippen LogP contribution in [0.4, 0.5) is 5.95 Å². The summed E-state index contributed by atoms with van der Waals surface area (Å²) in [4.78, 5) is 9.31. The average Bonchev–Trinajstić information content (AvgIpc) is 3.11. The van der Waals surface area contributed by atoms with Crippen LogP contribution < -0.4 is 5.32 Å². The number of hydrogen-bond donors (Lipinski definition) is 2. The number of nitrogens with one attached hydrogen (secondary N) is 1. The summed E-state index contributed by atoms with van der Waals surface area (Å²) >= 11 is 3.83. The Morgan fingerprint density at radius 2 is 2.13 bits per heavy atom. The minimum absolute atomic E-state index is 0.126. The van der Waals surface area contributed by atoms with Gasteiger partial charge in [-0.25, -0.2) is 4.68 Å². The molecule has 23 heavy (non-hydrogen) atoms. The molecule has 0 unspecified atom stereocenters. The van der Waals surface area contributed by atoms with Crippen molar-refractivity contribution < 1.29 is 5.11 Å². The van der Waals surface area contributed by atoms with Crippen molar-refractivity contribution in [2.45, 2.75) is 18.8 Å². The minimum atomic E-state index is -0.126. The minimum Gasteiger partial charge on any atom is -0.388 e. The summed E-state index contributed by atoms with van der Waals surface area (Å²) in [5.74, 6) is 3.21. The zero-order valence-electron chi connectivity index (χ0n) is 13.9. The molecule has 0 aromatic carbocycles. The second kappa shape index (κ2) is 9.27. The van der Waals surface area contributed by atoms with Gasteiger partial charge in [0.2, 0.25) is 5.95 Å². The first-order chi connectivity index (χ1) is 11.1. The lowest BCUT2D eigenvalue weighted by atomic mass is 10.3. The Bertz CT molecular complexity index is 596. The van der Waals surface area contributed by atoms with E-state index in [9.17, 15) is 0 Å². The number of anilines is 1. The normalized spacial score (nSPS) is 11.3. The average molecular weight is 356 g/mol. The molecule has 0 aliphatic rings. The molecule has 0 saturated heterocycles. The molecule has 2 aromatic rings. The van der Waals surface area contributed by atoms with Crippen LogP contribution in [-0.2, 0) is 25.8 Å². The van der Waals surface area contributed by atoms with Crippen LogP contribution in [0, 0.1) is 0 Å². The fraction of sp³-hybridized carbons (Fsp3) is 0.600. The summed E-state index contributed by atoms with van der Waals surface area (Å²) in [5.41, 5.74) is 0. The SMILES string of the molecule is CN(C)CCc1ccc(CSCCNc2nc(CO)nn2C)s1. The van der Waals surface area contributed by atoms with Crippen LogP contribution in [0.5, 0.6) is 0 Å². The Balaban J connectivity index is 1.64. The second-order valence-electron chi connectivity index (χ2n) is 5.53. The Labute approximate surface area is 145 Å². The summed E-state index contributed by atoms with van der Waals surface area (Å²) < 4.78 is 1.66. The molecule has 0 atom stereocenters. The van der Waals surface area contributed by atoms with Crippen molar-refractivity contribution in [2.75, 3.05) is 38.3 Å². The number of aryl methyl sites for hydroxylation is 1. The van der Waals surface area contributed by atoms with Crippen molar-refractivity contribution in [3.05, 3.63) is 27.7 Å². The number of aliphatic hydroxyl groups is 1. The van der Waals surface area contributed by atoms with Crippen molar-refractivity contribution >= 4 is 29.0 Å². The number of thiophene rings is 1. The maximum absolute atomic E-state index is 9.01. The first-order valence-electron chi connectivity index (χ1n) is 7.63. The van der Waals surface area contributed by atoms with Gasteiger partial charge in [0.15, 0.2) is 5.82 Å². The molecule has 0 amide bonds. The standard InChI is InChI=1S/C15H25N5OS2/c1-19(2)8-6-12-4-5-13(23-12)11-22-9-7-16-15-17-14(10-21)18-20(15)3/h4-5,21H,6-11H2,1-3H3,(H,16,17,18). The van der Waals surface area contributed by atoms with Crippen LogP contribution in [-0.4, -0.2) is 57.7 Å². The highest BCUT2D eigenvalue weighted by atomic mass is 32.2. The van der Waals surface area contributed by atoms with Gasteiger partial charge in [-0.2, -0.15) is 21.8 Å². The fourth-order valence-corrected chi connectivity index (χ4v) is 4.01. The molecule has 6 nitrogen and oxygen atoms in total. The van der Waals surface area contributed by atoms with E-state index in [-0.39, 0.29) is 6.61 Å². The summed E-state index contributed by atoms with van der Waals surface area (Å²) in [6.45, 7) is 1.81. The van der Waals surface area contributed by atoms with E-state index in [1.807, 2.05) is 30.1 Å². The molecular formula is C15H25N5OS2. The zero-order valence-corrected chi connectivity index (χ0v) is 15.6. The van der Waals surface area contributed by atoms with Gasteiger partial charge < -0.3 is 15.3 Å². The van der Waals surface area contributed by atoms with Crippen LogP contribution in [0.3, 0.4) is 0 Å². The third kappa shape index (κ3) is 6.14. The molecule has 8 heteroatoms. The Hall–Kier alpha value is -1.09. The van der Waals surface area contributed by atoms with Gasteiger partial charge in [-0.1, -0.05) is 0 Å². The third-order valence-electron chi connectivity index (χ3n) is 3.24. The maximum Gasteiger partial charge on any atom is 0.221 e. The van der Waals surface area contributed by atoms with E-state index >= 15 is 0 Å². The number of nitrogens with zero attached hydrogens (tertiary/aromatic N) is 4. The zero-order chi connectivity index (χ0) is 16.7. The molecule has 0 fully saturated rings. The molecule has 0 aliphatic heterocycles. The van der Waals surface area contributed by atoms with Crippen molar-refractivity contribution in [1.82, 2.24) is 19.7 Å². The first kappa shape index (κ1) is 18.3. The quantitative estimate of drug-likeness (QED) is 0.634. The Morgan fingerprint density at radius 1 is 1.35 bits per heavy atom. The summed E-state index contributed by atoms with van der Waals surface area (Å²) in [5, 5.41) is 16.3. The molecule has 0 radical (unpaired) electrons. The van der Waals surface area contributed by atoms with Gasteiger partial charge in [0, 0.05) is 41.4 Å². The number of likely N-dealkylation sites (N-methyl/N-ethyl adjacent to an activating group) is 1. The van der Waals surface area contributed by atoms with Crippen molar-refractivity contribution in [1.29, 1.82) is 0 Å². The van der Waals surface area contributed by atoms with Crippen LogP contribution in [0.25, 0.3) is 0 Å². The van der Waals surface area contributed by atoms with E-state index < -0.39 is 0 Å². The molecular weight excluding hydrogens is 330 g/mol. The summed E-state index contributed by atoms with van der Waals surface area (Å²) in [6.07, 6.45) is 1.13. The van der Waals surface area contributed by atoms with Crippen LogP contribution in [0.2, 0.25) is 0 Å². The van der Waals surface area contributed by atoms with E-state index in [4.69, 9.17) is 5.11 Å². The second-order valence-corrected chi connectivity index (χ2v) is 7.89. The molecule has 0 saturated carbocycles. The molecule has 2 rings (SSSR count). The van der Waals surface area contributed by atoms with Crippen molar-refractivity contribution in [3.63, 3.8) is 0 Å². The number of hydrogen-bond acceptors (Lipinski definition) is 7. The predicted molar refractivity (Wildman–Crippen MR) is 98.2 cm³/mol. The van der Waals surface area contributed by atoms with Gasteiger partial charge in [-0.05, 0) is 32.6 Å². The number of thioether (sulfide) groups is 1. The largest absolute Gasteiger partial charge is 0.388 e. The molecule has 2 N–H and O–H groups in total. The van der Waals surface area contributed by atoms with Crippen LogP contribution in [0.15, 0.2) is 12.1 Å². The lowest BCUT2D eigenvalue weighted by Gasteiger charge is -2.07. The van der Waals surface area contributed by atoms with Crippen LogP contribution >= 0.6 is 23.1 Å². The van der Waals surface area contributed by atoms with Gasteiger partial charge in [0.05, 0.1) is 0 Å². The Morgan fingerprint density at radius 3 is 2.83 bits per heavy atom. The number of aromatic nitrogens is 3. The summed E-state index contributed by atoms with van der Waals surface area (Å²) in [7, 11) is 6.04. The van der Waals surface area contributed by atoms with E-state index in [1.54, 1.807) is 4.68 Å². The third-order valence-corrected chi connectivity index (χ3v) is 5.58. The number of aliphatic hydroxyl groups excluding tert-OH is 1. The monoisotopic (exact) mass is 355 g/mol. The van der Waals surface area contributed by atoms with E-state index in [0.29, 0.717) is 11.8 Å². The van der Waals surface area contributed by atoms with Gasteiger partial charge in [-0.15, -0.1) is 11.3 Å². The smallest absolute Gasteiger partial charge is 0.221 e. The lowest BCUT2D eigenvalue weighted by molar-refractivity contribution is 0.271. The van der Waals surface area contributed by atoms with E-state index in [2.05, 4.69) is 46.5 Å². The molecule has 0 bridgehead atoms. The maximum atomic E-state index is 9.01. The van der Waals surface area contributed by atoms with E-state index in [0.717, 1.165) is 31.0 Å². The highest BCUT2D eigenvalue weighted by Gasteiger charge is 2.05. The molecule has 128 valence electrons. The van der Waals surface area contributed by atoms with Gasteiger partial charge >= 0.3 is 0 Å². The molecule has 2 heterocycles. The number of rotatable bonds is 10. The molecule has 0 aliphatic carbocycles. The van der Waals surface area contributed by atoms with Gasteiger partial charge in [-0.3, -0.25) is 0 Å². The fourth-order valence-electron chi connectivity index (χ4n) is 2.03. The van der Waals surface area contributed by atoms with Crippen LogP contribution in [0.1, 0.15) is 15.6 Å². The van der Waals surface area contributed by atoms with E-state index in [1.165, 1.54) is 9.75 Å². The highest BCUT2D eigenvalue weighted by molar-refractivity contribution is 7.98. The molecule has 0 spiro atoms. The van der Waals surface area contributed by atoms with Gasteiger partial charge in [0.25, 0.3) is 0 Å². The topological polar surface area (TPSA) is 66.2 Å². The predicted octanol–water partition coefficient (Wildman–Crippen LogP) is 1.82. The molecule has 2 aromatic heterocycles. The highest BCUT2D eigenvalue weighted by Crippen LogP contribution is 2.22. The van der Waals surface area contributed by atoms with Gasteiger partial charge in [0.1, 0.15) is 6.61 Å². The van der Waals surface area contributed by atoms with Crippen molar-refractivity contribution in [2.24, 2.45) is 7.05 Å². The lowest BCUT2D eigenvalue weighted by Crippen LogP contribution is -2.14.